The summed E-state index contributed by atoms with van der Waals surface area (Å²) in [6.07, 6.45) is 32.3. The first-order valence-electron chi connectivity index (χ1n) is 15.1. The Hall–Kier alpha value is 0.0274. The predicted octanol–water partition coefficient (Wildman–Crippen LogP) is 5.44. The van der Waals surface area contributed by atoms with Gasteiger partial charge in [0.25, 0.3) is 0 Å². The summed E-state index contributed by atoms with van der Waals surface area (Å²) in [6.45, 7) is 6.50. The maximum absolute atomic E-state index is 11.1. The van der Waals surface area contributed by atoms with Gasteiger partial charge in [0, 0.05) is 6.54 Å². The first-order valence-corrected chi connectivity index (χ1v) is 15.1. The van der Waals surface area contributed by atoms with E-state index in [0.29, 0.717) is 0 Å². The van der Waals surface area contributed by atoms with Crippen LogP contribution in [0, 0.1) is 0 Å². The van der Waals surface area contributed by atoms with E-state index in [1.165, 1.54) is 141 Å². The third-order valence-corrected chi connectivity index (χ3v) is 7.01. The Labute approximate surface area is 226 Å². The van der Waals surface area contributed by atoms with Gasteiger partial charge in [-0.2, -0.15) is 0 Å². The van der Waals surface area contributed by atoms with Crippen LogP contribution in [-0.2, 0) is 4.79 Å². The number of carbonyl (C=O) groups excluding carboxylic acids is 1. The van der Waals surface area contributed by atoms with Crippen LogP contribution < -0.4 is 24.0 Å². The number of hydrogen-bond donors (Lipinski definition) is 0. The van der Waals surface area contributed by atoms with Gasteiger partial charge in [0.05, 0.1) is 5.97 Å². The van der Waals surface area contributed by atoms with E-state index in [4.69, 9.17) is 0 Å². The zero-order valence-corrected chi connectivity index (χ0v) is 23.9. The number of carboxylic acids is 1. The van der Waals surface area contributed by atoms with E-state index in [1.807, 2.05) is 0 Å². The third kappa shape index (κ3) is 30.1. The van der Waals surface area contributed by atoms with Crippen LogP contribution in [0.4, 0.5) is 0 Å². The number of aliphatic carboxylic acids is 1. The Morgan fingerprint density at radius 1 is 0.471 bits per heavy atom. The Morgan fingerprint density at radius 3 is 0.941 bits per heavy atom. The second kappa shape index (κ2) is 31.1. The van der Waals surface area contributed by atoms with Crippen LogP contribution in [-0.4, -0.2) is 30.5 Å². The van der Waals surface area contributed by atoms with Gasteiger partial charge in [0.15, 0.2) is 0 Å². The second-order valence-corrected chi connectivity index (χ2v) is 10.4. The number of carbonyl (C=O) groups is 1. The topological polar surface area (TPSA) is 43.4 Å². The average Bonchev–Trinajstić information content (AvgIpc) is 2.80. The molecule has 0 saturated carbocycles. The molecule has 0 aliphatic carbocycles. The molecule has 0 unspecified atom stereocenters. The van der Waals surface area contributed by atoms with Crippen molar-refractivity contribution in [2.45, 2.75) is 168 Å². The van der Waals surface area contributed by atoms with Crippen LogP contribution in [0.2, 0.25) is 0 Å². The summed E-state index contributed by atoms with van der Waals surface area (Å²) in [4.78, 5) is 13.2. The largest absolute Gasteiger partial charge is 1.00 e. The Balaban J connectivity index is 0. The molecule has 0 aromatic heterocycles. The van der Waals surface area contributed by atoms with Crippen molar-refractivity contribution in [3.8, 4) is 0 Å². The van der Waals surface area contributed by atoms with E-state index in [-0.39, 0.29) is 25.4 Å². The average molecular weight is 474 g/mol. The molecule has 0 spiro atoms. The van der Waals surface area contributed by atoms with Gasteiger partial charge in [0.2, 0.25) is 0 Å². The quantitative estimate of drug-likeness (QED) is 0.112. The molecule has 0 aromatic rings. The molecule has 0 aliphatic rings. The number of nitrogens with zero attached hydrogens (tertiary/aromatic N) is 1. The normalized spacial score (nSPS) is 11.1. The maximum atomic E-state index is 11.1. The third-order valence-electron chi connectivity index (χ3n) is 7.01. The summed E-state index contributed by atoms with van der Waals surface area (Å²) in [5.41, 5.74) is 0. The fraction of sp³-hybridized carbons (Fsp3) is 0.967. The Bertz CT molecular complexity index is 364. The molecule has 0 amide bonds. The zero-order valence-electron chi connectivity index (χ0n) is 23.9. The van der Waals surface area contributed by atoms with E-state index in [9.17, 15) is 9.90 Å². The van der Waals surface area contributed by atoms with Gasteiger partial charge in [-0.1, -0.05) is 155 Å². The monoisotopic (exact) mass is 473 g/mol. The summed E-state index contributed by atoms with van der Waals surface area (Å²) in [5.74, 6) is -0.923. The summed E-state index contributed by atoms with van der Waals surface area (Å²) < 4.78 is 0. The van der Waals surface area contributed by atoms with Crippen LogP contribution in [0.3, 0.4) is 0 Å². The van der Waals surface area contributed by atoms with Crippen molar-refractivity contribution in [1.29, 1.82) is 0 Å². The molecule has 34 heavy (non-hydrogen) atoms. The Morgan fingerprint density at radius 2 is 0.706 bits per heavy atom. The van der Waals surface area contributed by atoms with Crippen molar-refractivity contribution < 1.29 is 28.8 Å². The van der Waals surface area contributed by atoms with Gasteiger partial charge in [-0.15, -0.1) is 0 Å². The summed E-state index contributed by atoms with van der Waals surface area (Å²) in [5, 5.41) is 11.1. The van der Waals surface area contributed by atoms with Crippen LogP contribution in [0.1, 0.15) is 168 Å². The molecule has 198 valence electrons. The van der Waals surface area contributed by atoms with Gasteiger partial charge in [-0.3, -0.25) is 4.90 Å². The van der Waals surface area contributed by atoms with Crippen molar-refractivity contribution in [2.75, 3.05) is 19.6 Å². The molecule has 0 N–H and O–H groups in total. The van der Waals surface area contributed by atoms with Gasteiger partial charge in [0.1, 0.15) is 0 Å². The summed E-state index contributed by atoms with van der Waals surface area (Å²) >= 11 is 0. The van der Waals surface area contributed by atoms with E-state index in [1.54, 1.807) is 0 Å². The minimum atomic E-state index is -0.923. The number of rotatable bonds is 28. The van der Waals surface area contributed by atoms with Crippen molar-refractivity contribution in [3.05, 3.63) is 0 Å². The van der Waals surface area contributed by atoms with Crippen LogP contribution >= 0.6 is 0 Å². The smallest absolute Gasteiger partial charge is 0.549 e. The molecule has 0 bridgehead atoms. The maximum Gasteiger partial charge on any atom is 1.00 e. The van der Waals surface area contributed by atoms with Crippen LogP contribution in [0.15, 0.2) is 0 Å². The number of unbranched alkanes of at least 4 members (excludes halogenated alkanes) is 22. The molecule has 0 rings (SSSR count). The van der Waals surface area contributed by atoms with Crippen molar-refractivity contribution >= 4 is 5.97 Å². The number of hydrogen-bond acceptors (Lipinski definition) is 3. The minimum absolute atomic E-state index is 0. The van der Waals surface area contributed by atoms with Gasteiger partial charge in [-0.25, -0.2) is 0 Å². The molecular formula is C30H60LiNO2. The fourth-order valence-electron chi connectivity index (χ4n) is 4.81. The van der Waals surface area contributed by atoms with E-state index >= 15 is 0 Å². The molecule has 0 saturated heterocycles. The molecular weight excluding hydrogens is 413 g/mol. The second-order valence-electron chi connectivity index (χ2n) is 10.4. The molecule has 0 aliphatic heterocycles. The van der Waals surface area contributed by atoms with E-state index in [2.05, 4.69) is 18.7 Å². The summed E-state index contributed by atoms with van der Waals surface area (Å²) in [6, 6.07) is 0. The van der Waals surface area contributed by atoms with Gasteiger partial charge < -0.3 is 9.90 Å². The van der Waals surface area contributed by atoms with Crippen molar-refractivity contribution in [1.82, 2.24) is 4.90 Å². The predicted molar refractivity (Wildman–Crippen MR) is 144 cm³/mol. The Kier molecular flexibility index (Phi) is 33.1. The summed E-state index contributed by atoms with van der Waals surface area (Å²) in [7, 11) is 0. The van der Waals surface area contributed by atoms with Gasteiger partial charge >= 0.3 is 18.9 Å². The first kappa shape index (κ1) is 36.2. The standard InChI is InChI=1S/C30H61NO2.Li/c1-3-5-7-9-11-13-15-17-19-21-23-25-27-31(29-30(32)33)28-26-24-22-20-18-16-14-12-10-8-6-4-2;/h3-29H2,1-2H3,(H,32,33);/q;+1/p-1. The van der Waals surface area contributed by atoms with Crippen LogP contribution in [0.25, 0.3) is 0 Å². The first-order chi connectivity index (χ1) is 16.2. The zero-order chi connectivity index (χ0) is 24.2. The SMILES string of the molecule is CCCCCCCCCCCCCCN(CCCCCCCCCCCCCC)CC(=O)[O-].[Li+]. The van der Waals surface area contributed by atoms with Crippen molar-refractivity contribution in [2.24, 2.45) is 0 Å². The fourth-order valence-corrected chi connectivity index (χ4v) is 4.81. The number of carboxylic acid groups (broad SMARTS) is 1. The van der Waals surface area contributed by atoms with E-state index < -0.39 is 5.97 Å². The molecule has 0 aromatic carbocycles. The molecule has 0 atom stereocenters. The molecule has 3 nitrogen and oxygen atoms in total. The molecule has 4 heteroatoms. The minimum Gasteiger partial charge on any atom is -0.549 e. The van der Waals surface area contributed by atoms with Crippen LogP contribution in [0.5, 0.6) is 0 Å². The van der Waals surface area contributed by atoms with E-state index in [0.717, 1.165) is 25.9 Å². The van der Waals surface area contributed by atoms with Crippen molar-refractivity contribution in [3.63, 3.8) is 0 Å². The molecule has 0 radical (unpaired) electrons. The van der Waals surface area contributed by atoms with Gasteiger partial charge in [-0.05, 0) is 25.9 Å². The molecule has 0 fully saturated rings. The molecule has 0 heterocycles.